The van der Waals surface area contributed by atoms with E-state index in [9.17, 15) is 19.5 Å². The zero-order valence-electron chi connectivity index (χ0n) is 38.1. The van der Waals surface area contributed by atoms with Gasteiger partial charge in [-0.15, -0.1) is 0 Å². The number of carbonyl (C=O) groups is 3. The van der Waals surface area contributed by atoms with Gasteiger partial charge in [0.05, 0.1) is 54.6 Å². The minimum Gasteiger partial charge on any atom is -0.458 e. The van der Waals surface area contributed by atoms with Crippen LogP contribution in [0.3, 0.4) is 0 Å². The number of aliphatic hydroxyl groups excluding tert-OH is 1. The van der Waals surface area contributed by atoms with Gasteiger partial charge >= 0.3 is 18.2 Å². The molecule has 4 fully saturated rings. The third-order valence-electron chi connectivity index (χ3n) is 13.5. The highest BCUT2D eigenvalue weighted by atomic mass is 16.7. The van der Waals surface area contributed by atoms with Crippen LogP contribution in [-0.2, 0) is 44.5 Å². The van der Waals surface area contributed by atoms with Gasteiger partial charge in [-0.3, -0.25) is 9.78 Å². The first kappa shape index (κ1) is 47.4. The molecule has 14 atom stereocenters. The molecule has 3 unspecified atom stereocenters. The molecule has 1 aromatic heterocycles. The predicted octanol–water partition coefficient (Wildman–Crippen LogP) is 6.07. The molecule has 1 aromatic carbocycles. The van der Waals surface area contributed by atoms with E-state index in [0.717, 1.165) is 22.0 Å². The zero-order chi connectivity index (χ0) is 45.1. The van der Waals surface area contributed by atoms with Gasteiger partial charge in [0.25, 0.3) is 0 Å². The van der Waals surface area contributed by atoms with Gasteiger partial charge in [-0.25, -0.2) is 9.59 Å². The van der Waals surface area contributed by atoms with Crippen molar-refractivity contribution in [2.45, 2.75) is 141 Å². The molecule has 15 nitrogen and oxygen atoms in total. The molecule has 2 bridgehead atoms. The number of aromatic nitrogens is 1. The van der Waals surface area contributed by atoms with E-state index in [-0.39, 0.29) is 44.4 Å². The van der Waals surface area contributed by atoms with Crippen molar-refractivity contribution in [1.29, 1.82) is 0 Å². The molecule has 4 aliphatic heterocycles. The zero-order valence-corrected chi connectivity index (χ0v) is 38.1. The summed E-state index contributed by atoms with van der Waals surface area (Å²) in [4.78, 5) is 47.2. The van der Waals surface area contributed by atoms with Crippen LogP contribution in [0, 0.1) is 23.7 Å². The number of likely N-dealkylation sites (N-methyl/N-ethyl adjacent to an activating group) is 1. The number of nitrogens with one attached hydrogen (secondary N) is 2. The molecule has 6 rings (SSSR count). The van der Waals surface area contributed by atoms with Crippen molar-refractivity contribution in [2.75, 3.05) is 33.9 Å². The molecule has 2 aromatic rings. The van der Waals surface area contributed by atoms with E-state index in [1.807, 2.05) is 90.0 Å². The highest BCUT2D eigenvalue weighted by Crippen LogP contribution is 2.44. The number of ether oxygens (including phenoxy) is 7. The van der Waals surface area contributed by atoms with E-state index in [1.54, 1.807) is 20.0 Å². The summed E-state index contributed by atoms with van der Waals surface area (Å²) in [6.45, 7) is 20.1. The summed E-state index contributed by atoms with van der Waals surface area (Å²) in [5.74, 6) is -2.54. The van der Waals surface area contributed by atoms with Crippen molar-refractivity contribution in [3.63, 3.8) is 0 Å². The number of cyclic esters (lactones) is 1. The van der Waals surface area contributed by atoms with Gasteiger partial charge in [-0.05, 0) is 96.3 Å². The summed E-state index contributed by atoms with van der Waals surface area (Å²) in [6, 6.07) is 8.86. The number of rotatable bonds is 8. The number of alkyl carbamates (subject to hydrolysis) is 2. The van der Waals surface area contributed by atoms with Crippen LogP contribution in [0.15, 0.2) is 60.3 Å². The number of esters is 1. The Balaban J connectivity index is 1.37. The lowest BCUT2D eigenvalue weighted by Crippen LogP contribution is -2.60. The third kappa shape index (κ3) is 10.3. The van der Waals surface area contributed by atoms with Crippen LogP contribution < -0.4 is 10.6 Å². The van der Waals surface area contributed by atoms with Gasteiger partial charge in [0.15, 0.2) is 11.9 Å². The molecule has 4 saturated heterocycles. The molecule has 0 spiro atoms. The Kier molecular flexibility index (Phi) is 15.1. The van der Waals surface area contributed by atoms with Crippen LogP contribution in [-0.4, -0.2) is 127 Å². The molecular formula is C47H68N4O11. The average molecular weight is 865 g/mol. The van der Waals surface area contributed by atoms with E-state index < -0.39 is 83.9 Å². The maximum absolute atomic E-state index is 14.4. The van der Waals surface area contributed by atoms with Crippen molar-refractivity contribution in [3.05, 3.63) is 65.9 Å². The molecule has 2 amide bonds. The molecule has 15 heteroatoms. The van der Waals surface area contributed by atoms with Crippen LogP contribution >= 0.6 is 0 Å². The van der Waals surface area contributed by atoms with Crippen LogP contribution in [0.25, 0.3) is 10.9 Å². The molecule has 342 valence electrons. The Bertz CT molecular complexity index is 1960. The lowest BCUT2D eigenvalue weighted by molar-refractivity contribution is -0.302. The molecule has 4 aliphatic rings. The van der Waals surface area contributed by atoms with E-state index in [1.165, 1.54) is 0 Å². The standard InChI is InChI=1S/C47H68N4O11/c1-12-37-47(9)40(50-45(55)62-47)29(5)34(17-18-56-44(54)49-23-32-20-33-15-13-14-16-35(33)48-22-32)27(3)21-46(8)41(61-43-38(52)36(51(10)11)19-28(4)59-43)30(6)39(31(7)42(53)60-37)57-24-26(2)25-58-46/h13-17,20,22,27-31,36-41,43,52H,2,12,18-19,21,23-25H2,1,3-11H3,(H,49,54)(H,50,55)/b34-17+/t27-,28-,29+,30+,31-,36+,37-,38-,39?,40?,41-,43?,46-,47-/m1/s1. The fourth-order valence-electron chi connectivity index (χ4n) is 10.2. The number of hydrogen-bond acceptors (Lipinski definition) is 13. The average Bonchev–Trinajstić information content (AvgIpc) is 3.56. The van der Waals surface area contributed by atoms with E-state index in [4.69, 9.17) is 33.2 Å². The summed E-state index contributed by atoms with van der Waals surface area (Å²) >= 11 is 0. The molecule has 0 saturated carbocycles. The topological polar surface area (TPSA) is 176 Å². The Labute approximate surface area is 366 Å². The first-order valence-electron chi connectivity index (χ1n) is 22.1. The largest absolute Gasteiger partial charge is 0.458 e. The molecule has 3 N–H and O–H groups in total. The van der Waals surface area contributed by atoms with Gasteiger partial charge in [-0.1, -0.05) is 58.0 Å². The van der Waals surface area contributed by atoms with Crippen molar-refractivity contribution in [2.24, 2.45) is 23.7 Å². The highest BCUT2D eigenvalue weighted by Gasteiger charge is 2.57. The number of amides is 2. The Morgan fingerprint density at radius 2 is 1.85 bits per heavy atom. The summed E-state index contributed by atoms with van der Waals surface area (Å²) in [5.41, 5.74) is 0.847. The second kappa shape index (κ2) is 19.7. The molecule has 5 heterocycles. The first-order valence-corrected chi connectivity index (χ1v) is 22.1. The van der Waals surface area contributed by atoms with E-state index in [2.05, 4.69) is 29.1 Å². The van der Waals surface area contributed by atoms with Gasteiger partial charge in [0.1, 0.15) is 18.8 Å². The fraction of sp³-hybridized carbons (Fsp3) is 0.660. The van der Waals surface area contributed by atoms with Crippen LogP contribution in [0.1, 0.15) is 80.2 Å². The van der Waals surface area contributed by atoms with E-state index >= 15 is 0 Å². The lowest BCUT2D eigenvalue weighted by atomic mass is 9.71. The van der Waals surface area contributed by atoms with Crippen molar-refractivity contribution in [1.82, 2.24) is 20.5 Å². The van der Waals surface area contributed by atoms with Gasteiger partial charge in [-0.2, -0.15) is 0 Å². The van der Waals surface area contributed by atoms with Crippen LogP contribution in [0.4, 0.5) is 9.59 Å². The third-order valence-corrected chi connectivity index (χ3v) is 13.5. The van der Waals surface area contributed by atoms with E-state index in [0.29, 0.717) is 24.8 Å². The number of aliphatic hydroxyl groups is 1. The fourth-order valence-corrected chi connectivity index (χ4v) is 10.2. The number of fused-ring (bicyclic) bond motifs is 5. The molecule has 0 aliphatic carbocycles. The lowest BCUT2D eigenvalue weighted by Gasteiger charge is -2.49. The number of hydrogen-bond donors (Lipinski definition) is 3. The minimum absolute atomic E-state index is 0.0830. The summed E-state index contributed by atoms with van der Waals surface area (Å²) in [5, 5.41) is 18.6. The maximum Gasteiger partial charge on any atom is 0.408 e. The van der Waals surface area contributed by atoms with Crippen LogP contribution in [0.5, 0.6) is 0 Å². The maximum atomic E-state index is 14.4. The second-order valence-corrected chi connectivity index (χ2v) is 18.5. The molecular weight excluding hydrogens is 797 g/mol. The SMILES string of the molecule is C=C1COC2[C@@H](C)C(=O)O[C@H](CC)[C@@]3(C)OC(=O)NC3[C@@H](C)/C(=C/COC(=O)NCc3cnc4ccccc4c3)[C@H](C)C[C@@](C)(OC1)[C@H](OC1O[C@H](C)C[C@H](N(C)C)[C@H]1O)[C@H]2C. The number of nitrogens with zero attached hydrogens (tertiary/aromatic N) is 2. The second-order valence-electron chi connectivity index (χ2n) is 18.5. The van der Waals surface area contributed by atoms with Gasteiger partial charge in [0.2, 0.25) is 0 Å². The first-order chi connectivity index (χ1) is 29.3. The van der Waals surface area contributed by atoms with Crippen molar-refractivity contribution >= 4 is 29.1 Å². The summed E-state index contributed by atoms with van der Waals surface area (Å²) < 4.78 is 44.9. The van der Waals surface area contributed by atoms with Crippen LogP contribution in [0.2, 0.25) is 0 Å². The van der Waals surface area contributed by atoms with Gasteiger partial charge in [0, 0.05) is 36.0 Å². The summed E-state index contributed by atoms with van der Waals surface area (Å²) in [7, 11) is 3.84. The number of para-hydroxylation sites is 1. The smallest absolute Gasteiger partial charge is 0.408 e. The molecule has 62 heavy (non-hydrogen) atoms. The Hall–Kier alpha value is -4.12. The minimum atomic E-state index is -1.26. The number of carbonyl (C=O) groups excluding carboxylic acids is 3. The Morgan fingerprint density at radius 1 is 1.11 bits per heavy atom. The Morgan fingerprint density at radius 3 is 2.58 bits per heavy atom. The van der Waals surface area contributed by atoms with Crippen molar-refractivity contribution in [3.8, 4) is 0 Å². The molecule has 0 radical (unpaired) electrons. The highest BCUT2D eigenvalue weighted by molar-refractivity contribution is 5.79. The van der Waals surface area contributed by atoms with Gasteiger partial charge < -0.3 is 53.8 Å². The van der Waals surface area contributed by atoms with Crippen molar-refractivity contribution < 1.29 is 52.6 Å². The number of pyridine rings is 1. The summed E-state index contributed by atoms with van der Waals surface area (Å²) in [6.07, 6.45) is -0.900. The predicted molar refractivity (Wildman–Crippen MR) is 232 cm³/mol. The monoisotopic (exact) mass is 864 g/mol. The number of benzene rings is 1. The normalized spacial score (nSPS) is 37.9. The quantitative estimate of drug-likeness (QED) is 0.159.